The Morgan fingerprint density at radius 3 is 2.53 bits per heavy atom. The smallest absolute Gasteiger partial charge is 0.275 e. The number of hydrogen-bond donors (Lipinski definition) is 0. The molecule has 0 unspecified atom stereocenters. The van der Waals surface area contributed by atoms with Crippen LogP contribution in [0.1, 0.15) is 11.1 Å². The fourth-order valence-electron chi connectivity index (χ4n) is 1.39. The van der Waals surface area contributed by atoms with E-state index in [1.54, 1.807) is 14.1 Å². The zero-order valence-electron chi connectivity index (χ0n) is 9.86. The molecule has 0 aliphatic carbocycles. The Morgan fingerprint density at radius 2 is 2.06 bits per heavy atom. The fraction of sp³-hybridized carbons (Fsp3) is 0.364. The van der Waals surface area contributed by atoms with Gasteiger partial charge in [0, 0.05) is 20.2 Å². The third kappa shape index (κ3) is 2.77. The van der Waals surface area contributed by atoms with Crippen molar-refractivity contribution < 1.29 is 14.1 Å². The van der Waals surface area contributed by atoms with Crippen LogP contribution in [0.2, 0.25) is 0 Å². The van der Waals surface area contributed by atoms with E-state index < -0.39 is 10.7 Å². The van der Waals surface area contributed by atoms with Gasteiger partial charge >= 0.3 is 0 Å². The predicted molar refractivity (Wildman–Crippen MR) is 60.2 cm³/mol. The molecule has 17 heavy (non-hydrogen) atoms. The summed E-state index contributed by atoms with van der Waals surface area (Å²) in [6.07, 6.45) is -0.0995. The average Bonchev–Trinajstić information content (AvgIpc) is 2.24. The lowest BCUT2D eigenvalue weighted by atomic mass is 10.1. The first-order valence-corrected chi connectivity index (χ1v) is 4.97. The Morgan fingerprint density at radius 1 is 1.47 bits per heavy atom. The number of hydrogen-bond acceptors (Lipinski definition) is 3. The molecule has 0 saturated heterocycles. The summed E-state index contributed by atoms with van der Waals surface area (Å²) in [4.78, 5) is 22.7. The lowest BCUT2D eigenvalue weighted by Gasteiger charge is -2.11. The third-order valence-electron chi connectivity index (χ3n) is 2.47. The van der Waals surface area contributed by atoms with Crippen LogP contribution < -0.4 is 0 Å². The molecule has 0 aliphatic rings. The first kappa shape index (κ1) is 13.1. The van der Waals surface area contributed by atoms with E-state index in [0.29, 0.717) is 0 Å². The molecule has 0 N–H and O–H groups in total. The van der Waals surface area contributed by atoms with E-state index in [2.05, 4.69) is 0 Å². The number of benzene rings is 1. The standard InChI is InChI=1S/C11H13FN2O3/c1-7-9(14(16)17)5-4-8(11(7)12)6-10(15)13(2)3/h4-5H,6H2,1-3H3. The summed E-state index contributed by atoms with van der Waals surface area (Å²) in [7, 11) is 3.14. The van der Waals surface area contributed by atoms with Crippen molar-refractivity contribution in [1.82, 2.24) is 4.90 Å². The molecule has 0 spiro atoms. The maximum atomic E-state index is 13.8. The van der Waals surface area contributed by atoms with Gasteiger partial charge in [0.25, 0.3) is 5.69 Å². The molecule has 0 heterocycles. The quantitative estimate of drug-likeness (QED) is 0.596. The summed E-state index contributed by atoms with van der Waals surface area (Å²) < 4.78 is 13.8. The predicted octanol–water partition coefficient (Wildman–Crippen LogP) is 1.67. The molecule has 0 bridgehead atoms. The van der Waals surface area contributed by atoms with E-state index in [1.165, 1.54) is 24.0 Å². The molecule has 1 rings (SSSR count). The van der Waals surface area contributed by atoms with Gasteiger partial charge in [-0.3, -0.25) is 14.9 Å². The van der Waals surface area contributed by atoms with Crippen molar-refractivity contribution in [3.05, 3.63) is 39.2 Å². The number of likely N-dealkylation sites (N-methyl/N-ethyl adjacent to an activating group) is 1. The second-order valence-corrected chi connectivity index (χ2v) is 3.90. The molecule has 0 atom stereocenters. The first-order chi connectivity index (χ1) is 7.84. The summed E-state index contributed by atoms with van der Waals surface area (Å²) >= 11 is 0. The maximum Gasteiger partial charge on any atom is 0.275 e. The van der Waals surface area contributed by atoms with Gasteiger partial charge in [-0.05, 0) is 18.6 Å². The molecule has 1 amide bonds. The second kappa shape index (κ2) is 4.90. The van der Waals surface area contributed by atoms with Crippen LogP contribution in [0, 0.1) is 22.9 Å². The Balaban J connectivity index is 3.09. The zero-order chi connectivity index (χ0) is 13.2. The van der Waals surface area contributed by atoms with Gasteiger partial charge in [0.15, 0.2) is 0 Å². The summed E-state index contributed by atoms with van der Waals surface area (Å²) in [5.74, 6) is -0.938. The van der Waals surface area contributed by atoms with Crippen LogP contribution >= 0.6 is 0 Å². The van der Waals surface area contributed by atoms with Crippen LogP contribution in [0.25, 0.3) is 0 Å². The number of amides is 1. The number of carbonyl (C=O) groups excluding carboxylic acids is 1. The molecule has 1 aromatic rings. The molecule has 0 aliphatic heterocycles. The van der Waals surface area contributed by atoms with E-state index in [4.69, 9.17) is 0 Å². The molecule has 0 aromatic heterocycles. The molecular formula is C11H13FN2O3. The van der Waals surface area contributed by atoms with Gasteiger partial charge in [0.2, 0.25) is 5.91 Å². The highest BCUT2D eigenvalue weighted by Gasteiger charge is 2.19. The Hall–Kier alpha value is -1.98. The number of carbonyl (C=O) groups is 1. The first-order valence-electron chi connectivity index (χ1n) is 4.97. The average molecular weight is 240 g/mol. The van der Waals surface area contributed by atoms with E-state index in [-0.39, 0.29) is 29.1 Å². The molecule has 92 valence electrons. The molecule has 1 aromatic carbocycles. The lowest BCUT2D eigenvalue weighted by molar-refractivity contribution is -0.385. The summed E-state index contributed by atoms with van der Waals surface area (Å²) in [5.41, 5.74) is -0.144. The van der Waals surface area contributed by atoms with Crippen molar-refractivity contribution in [3.8, 4) is 0 Å². The Labute approximate surface area is 98.0 Å². The van der Waals surface area contributed by atoms with E-state index in [9.17, 15) is 19.3 Å². The molecule has 0 radical (unpaired) electrons. The van der Waals surface area contributed by atoms with Gasteiger partial charge in [0.05, 0.1) is 16.9 Å². The van der Waals surface area contributed by atoms with Crippen LogP contribution in [0.3, 0.4) is 0 Å². The highest BCUT2D eigenvalue weighted by atomic mass is 19.1. The van der Waals surface area contributed by atoms with Crippen molar-refractivity contribution in [3.63, 3.8) is 0 Å². The van der Waals surface area contributed by atoms with Gasteiger partial charge in [-0.25, -0.2) is 4.39 Å². The van der Waals surface area contributed by atoms with Gasteiger partial charge in [-0.1, -0.05) is 0 Å². The van der Waals surface area contributed by atoms with Crippen LogP contribution in [0.5, 0.6) is 0 Å². The Kier molecular flexibility index (Phi) is 3.77. The van der Waals surface area contributed by atoms with Crippen molar-refractivity contribution in [2.45, 2.75) is 13.3 Å². The van der Waals surface area contributed by atoms with Crippen LogP contribution in [0.4, 0.5) is 10.1 Å². The van der Waals surface area contributed by atoms with Crippen molar-refractivity contribution >= 4 is 11.6 Å². The summed E-state index contributed by atoms with van der Waals surface area (Å²) in [6.45, 7) is 1.33. The van der Waals surface area contributed by atoms with Crippen LogP contribution in [-0.2, 0) is 11.2 Å². The fourth-order valence-corrected chi connectivity index (χ4v) is 1.39. The van der Waals surface area contributed by atoms with Crippen molar-refractivity contribution in [2.24, 2.45) is 0 Å². The number of nitrogens with zero attached hydrogens (tertiary/aromatic N) is 2. The number of halogens is 1. The van der Waals surface area contributed by atoms with E-state index in [1.807, 2.05) is 0 Å². The minimum Gasteiger partial charge on any atom is -0.349 e. The van der Waals surface area contributed by atoms with E-state index >= 15 is 0 Å². The van der Waals surface area contributed by atoms with Gasteiger partial charge in [0.1, 0.15) is 5.82 Å². The topological polar surface area (TPSA) is 63.5 Å². The van der Waals surface area contributed by atoms with E-state index in [0.717, 1.165) is 0 Å². The minimum atomic E-state index is -0.686. The lowest BCUT2D eigenvalue weighted by Crippen LogP contribution is -2.24. The molecule has 5 nitrogen and oxygen atoms in total. The molecular weight excluding hydrogens is 227 g/mol. The van der Waals surface area contributed by atoms with Crippen LogP contribution in [0.15, 0.2) is 12.1 Å². The van der Waals surface area contributed by atoms with Crippen molar-refractivity contribution in [1.29, 1.82) is 0 Å². The third-order valence-corrected chi connectivity index (χ3v) is 2.47. The number of rotatable bonds is 3. The zero-order valence-corrected chi connectivity index (χ0v) is 9.86. The molecule has 0 fully saturated rings. The highest BCUT2D eigenvalue weighted by molar-refractivity contribution is 5.78. The van der Waals surface area contributed by atoms with Gasteiger partial charge in [-0.15, -0.1) is 0 Å². The summed E-state index contributed by atoms with van der Waals surface area (Å²) in [6, 6.07) is 2.50. The second-order valence-electron chi connectivity index (χ2n) is 3.90. The van der Waals surface area contributed by atoms with Gasteiger partial charge in [-0.2, -0.15) is 0 Å². The minimum absolute atomic E-state index is 0.0425. The SMILES string of the molecule is Cc1c([N+](=O)[O-])ccc(CC(=O)N(C)C)c1F. The molecule has 6 heteroatoms. The Bertz CT molecular complexity index is 472. The summed E-state index contributed by atoms with van der Waals surface area (Å²) in [5, 5.41) is 10.6. The number of nitro groups is 1. The number of nitro benzene ring substituents is 1. The monoisotopic (exact) mass is 240 g/mol. The van der Waals surface area contributed by atoms with Crippen LogP contribution in [-0.4, -0.2) is 29.8 Å². The largest absolute Gasteiger partial charge is 0.349 e. The van der Waals surface area contributed by atoms with Gasteiger partial charge < -0.3 is 4.90 Å². The normalized spacial score (nSPS) is 10.1. The highest BCUT2D eigenvalue weighted by Crippen LogP contribution is 2.23. The maximum absolute atomic E-state index is 13.8. The molecule has 0 saturated carbocycles. The van der Waals surface area contributed by atoms with Crippen molar-refractivity contribution in [2.75, 3.05) is 14.1 Å².